The van der Waals surface area contributed by atoms with Crippen LogP contribution in [0.2, 0.25) is 0 Å². The molecule has 0 radical (unpaired) electrons. The largest absolute Gasteiger partial charge is 0.382 e. The van der Waals surface area contributed by atoms with Crippen LogP contribution in [0.1, 0.15) is 43.5 Å². The molecule has 1 saturated carbocycles. The van der Waals surface area contributed by atoms with Crippen LogP contribution in [0.5, 0.6) is 0 Å². The van der Waals surface area contributed by atoms with Crippen molar-refractivity contribution in [1.82, 2.24) is 0 Å². The SMILES string of the molecule is CC(Cl)c1ccccc1NC1CCCC1. The van der Waals surface area contributed by atoms with E-state index < -0.39 is 0 Å². The molecule has 0 aromatic heterocycles. The molecule has 2 heteroatoms. The first-order valence-corrected chi connectivity index (χ1v) is 6.20. The van der Waals surface area contributed by atoms with Gasteiger partial charge >= 0.3 is 0 Å². The minimum Gasteiger partial charge on any atom is -0.382 e. The van der Waals surface area contributed by atoms with E-state index in [1.165, 1.54) is 36.9 Å². The van der Waals surface area contributed by atoms with Crippen molar-refractivity contribution < 1.29 is 0 Å². The third kappa shape index (κ3) is 2.66. The Morgan fingerprint density at radius 1 is 1.27 bits per heavy atom. The van der Waals surface area contributed by atoms with E-state index in [-0.39, 0.29) is 5.38 Å². The third-order valence-corrected chi connectivity index (χ3v) is 3.34. The third-order valence-electron chi connectivity index (χ3n) is 3.10. The Labute approximate surface area is 96.8 Å². The number of anilines is 1. The summed E-state index contributed by atoms with van der Waals surface area (Å²) >= 11 is 6.15. The number of nitrogens with one attached hydrogen (secondary N) is 1. The van der Waals surface area contributed by atoms with E-state index in [0.717, 1.165) is 0 Å². The zero-order valence-electron chi connectivity index (χ0n) is 9.17. The average molecular weight is 224 g/mol. The van der Waals surface area contributed by atoms with Crippen molar-refractivity contribution in [2.75, 3.05) is 5.32 Å². The van der Waals surface area contributed by atoms with E-state index >= 15 is 0 Å². The van der Waals surface area contributed by atoms with Crippen LogP contribution in [0.15, 0.2) is 24.3 Å². The van der Waals surface area contributed by atoms with Gasteiger partial charge in [-0.25, -0.2) is 0 Å². The van der Waals surface area contributed by atoms with Gasteiger partial charge in [0.15, 0.2) is 0 Å². The molecule has 1 aromatic carbocycles. The molecule has 1 aliphatic carbocycles. The number of rotatable bonds is 3. The summed E-state index contributed by atoms with van der Waals surface area (Å²) in [5.74, 6) is 0. The van der Waals surface area contributed by atoms with Gasteiger partial charge in [-0.2, -0.15) is 0 Å². The summed E-state index contributed by atoms with van der Waals surface area (Å²) in [7, 11) is 0. The lowest BCUT2D eigenvalue weighted by molar-refractivity contribution is 0.753. The molecule has 82 valence electrons. The Kier molecular flexibility index (Phi) is 3.53. The minimum absolute atomic E-state index is 0.0788. The van der Waals surface area contributed by atoms with Crippen molar-refractivity contribution in [2.24, 2.45) is 0 Å². The highest BCUT2D eigenvalue weighted by Crippen LogP contribution is 2.30. The molecule has 15 heavy (non-hydrogen) atoms. The molecule has 2 rings (SSSR count). The van der Waals surface area contributed by atoms with Gasteiger partial charge in [-0.15, -0.1) is 11.6 Å². The smallest absolute Gasteiger partial charge is 0.0577 e. The second-order valence-electron chi connectivity index (χ2n) is 4.33. The number of para-hydroxylation sites is 1. The van der Waals surface area contributed by atoms with Crippen LogP contribution in [0.4, 0.5) is 5.69 Å². The summed E-state index contributed by atoms with van der Waals surface area (Å²) in [6.07, 6.45) is 5.31. The highest BCUT2D eigenvalue weighted by atomic mass is 35.5. The number of alkyl halides is 1. The van der Waals surface area contributed by atoms with Crippen molar-refractivity contribution >= 4 is 17.3 Å². The highest BCUT2D eigenvalue weighted by Gasteiger charge is 2.16. The average Bonchev–Trinajstić information content (AvgIpc) is 2.71. The molecule has 0 bridgehead atoms. The molecule has 1 nitrogen and oxygen atoms in total. The molecule has 1 atom stereocenters. The molecule has 1 aromatic rings. The first-order chi connectivity index (χ1) is 7.27. The van der Waals surface area contributed by atoms with Crippen LogP contribution in [-0.4, -0.2) is 6.04 Å². The Bertz CT molecular complexity index is 316. The molecule has 1 N–H and O–H groups in total. The summed E-state index contributed by atoms with van der Waals surface area (Å²) in [5, 5.41) is 3.69. The fourth-order valence-electron chi connectivity index (χ4n) is 2.27. The molecule has 0 saturated heterocycles. The van der Waals surface area contributed by atoms with Gasteiger partial charge in [0.2, 0.25) is 0 Å². The van der Waals surface area contributed by atoms with Gasteiger partial charge in [0.25, 0.3) is 0 Å². The van der Waals surface area contributed by atoms with Crippen LogP contribution in [0.3, 0.4) is 0 Å². The van der Waals surface area contributed by atoms with Crippen LogP contribution >= 0.6 is 11.6 Å². The maximum Gasteiger partial charge on any atom is 0.0577 e. The van der Waals surface area contributed by atoms with Crippen LogP contribution in [0.25, 0.3) is 0 Å². The van der Waals surface area contributed by atoms with Gasteiger partial charge in [0.05, 0.1) is 5.38 Å². The molecule has 1 unspecified atom stereocenters. The Morgan fingerprint density at radius 2 is 1.93 bits per heavy atom. The lowest BCUT2D eigenvalue weighted by Crippen LogP contribution is -2.15. The second-order valence-corrected chi connectivity index (χ2v) is 4.98. The molecule has 1 fully saturated rings. The summed E-state index contributed by atoms with van der Waals surface area (Å²) in [6.45, 7) is 2.02. The first-order valence-electron chi connectivity index (χ1n) is 5.77. The summed E-state index contributed by atoms with van der Waals surface area (Å²) in [6, 6.07) is 9.01. The van der Waals surface area contributed by atoms with E-state index in [1.54, 1.807) is 0 Å². The highest BCUT2D eigenvalue weighted by molar-refractivity contribution is 6.21. The first kappa shape index (κ1) is 10.8. The maximum atomic E-state index is 6.15. The van der Waals surface area contributed by atoms with Gasteiger partial charge in [-0.05, 0) is 31.4 Å². The zero-order valence-corrected chi connectivity index (χ0v) is 9.93. The van der Waals surface area contributed by atoms with E-state index in [4.69, 9.17) is 11.6 Å². The molecular formula is C13H18ClN. The van der Waals surface area contributed by atoms with Crippen LogP contribution in [0, 0.1) is 0 Å². The van der Waals surface area contributed by atoms with Gasteiger partial charge in [-0.1, -0.05) is 31.0 Å². The molecule has 0 aliphatic heterocycles. The molecule has 1 aliphatic rings. The molecular weight excluding hydrogens is 206 g/mol. The summed E-state index contributed by atoms with van der Waals surface area (Å²) < 4.78 is 0. The standard InChI is InChI=1S/C13H18ClN/c1-10(14)12-8-4-5-9-13(12)15-11-6-2-3-7-11/h4-5,8-11,15H,2-3,6-7H2,1H3. The van der Waals surface area contributed by atoms with Gasteiger partial charge in [0, 0.05) is 11.7 Å². The number of hydrogen-bond donors (Lipinski definition) is 1. The van der Waals surface area contributed by atoms with Crippen molar-refractivity contribution in [3.05, 3.63) is 29.8 Å². The quantitative estimate of drug-likeness (QED) is 0.752. The van der Waals surface area contributed by atoms with Crippen LogP contribution in [-0.2, 0) is 0 Å². The zero-order chi connectivity index (χ0) is 10.7. The number of hydrogen-bond acceptors (Lipinski definition) is 1. The lowest BCUT2D eigenvalue weighted by Gasteiger charge is -2.18. The van der Waals surface area contributed by atoms with Crippen molar-refractivity contribution in [3.63, 3.8) is 0 Å². The Balaban J connectivity index is 2.12. The fraction of sp³-hybridized carbons (Fsp3) is 0.538. The number of benzene rings is 1. The van der Waals surface area contributed by atoms with Crippen molar-refractivity contribution in [1.29, 1.82) is 0 Å². The van der Waals surface area contributed by atoms with E-state index in [2.05, 4.69) is 23.5 Å². The lowest BCUT2D eigenvalue weighted by atomic mass is 10.1. The van der Waals surface area contributed by atoms with Crippen LogP contribution < -0.4 is 5.32 Å². The topological polar surface area (TPSA) is 12.0 Å². The monoisotopic (exact) mass is 223 g/mol. The van der Waals surface area contributed by atoms with E-state index in [0.29, 0.717) is 6.04 Å². The number of halogens is 1. The van der Waals surface area contributed by atoms with Gasteiger partial charge in [0.1, 0.15) is 0 Å². The van der Waals surface area contributed by atoms with Crippen molar-refractivity contribution in [2.45, 2.75) is 44.0 Å². The fourth-order valence-corrected chi connectivity index (χ4v) is 2.46. The van der Waals surface area contributed by atoms with E-state index in [1.807, 2.05) is 13.0 Å². The summed E-state index contributed by atoms with van der Waals surface area (Å²) in [5.41, 5.74) is 2.43. The second kappa shape index (κ2) is 4.89. The van der Waals surface area contributed by atoms with Gasteiger partial charge in [-0.3, -0.25) is 0 Å². The molecule has 0 spiro atoms. The molecule has 0 heterocycles. The normalized spacial score (nSPS) is 19.1. The Hall–Kier alpha value is -0.690. The van der Waals surface area contributed by atoms with Crippen molar-refractivity contribution in [3.8, 4) is 0 Å². The minimum atomic E-state index is 0.0788. The maximum absolute atomic E-state index is 6.15. The predicted octanol–water partition coefficient (Wildman–Crippen LogP) is 4.34. The van der Waals surface area contributed by atoms with E-state index in [9.17, 15) is 0 Å². The molecule has 0 amide bonds. The summed E-state index contributed by atoms with van der Waals surface area (Å²) in [4.78, 5) is 0. The predicted molar refractivity (Wildman–Crippen MR) is 66.6 cm³/mol. The van der Waals surface area contributed by atoms with Gasteiger partial charge < -0.3 is 5.32 Å². The Morgan fingerprint density at radius 3 is 2.60 bits per heavy atom.